The Morgan fingerprint density at radius 1 is 1.56 bits per heavy atom. The summed E-state index contributed by atoms with van der Waals surface area (Å²) in [7, 11) is 0. The van der Waals surface area contributed by atoms with Gasteiger partial charge in [0.2, 0.25) is 0 Å². The lowest BCUT2D eigenvalue weighted by Gasteiger charge is -2.22. The highest BCUT2D eigenvalue weighted by molar-refractivity contribution is 5.77. The summed E-state index contributed by atoms with van der Waals surface area (Å²) >= 11 is 0. The Labute approximate surface area is 96.6 Å². The fourth-order valence-corrected chi connectivity index (χ4v) is 1.46. The Hall–Kier alpha value is -1.32. The monoisotopic (exact) mass is 224 g/mol. The van der Waals surface area contributed by atoms with E-state index < -0.39 is 5.60 Å². The lowest BCUT2D eigenvalue weighted by Crippen LogP contribution is -2.28. The molecule has 0 saturated carbocycles. The molecule has 0 radical (unpaired) electrons. The van der Waals surface area contributed by atoms with Gasteiger partial charge in [-0.25, -0.2) is 4.98 Å². The lowest BCUT2D eigenvalue weighted by molar-refractivity contribution is -0.156. The molecule has 0 spiro atoms. The number of aryl methyl sites for hydroxylation is 1. The van der Waals surface area contributed by atoms with E-state index >= 15 is 0 Å². The number of nitrogens with zero attached hydrogens (tertiary/aromatic N) is 2. The molecule has 1 aromatic rings. The van der Waals surface area contributed by atoms with Crippen LogP contribution in [0.2, 0.25) is 0 Å². The minimum absolute atomic E-state index is 0.228. The second-order valence-corrected chi connectivity index (χ2v) is 4.83. The zero-order valence-electron chi connectivity index (χ0n) is 10.7. The van der Waals surface area contributed by atoms with Crippen molar-refractivity contribution < 1.29 is 9.53 Å². The van der Waals surface area contributed by atoms with Gasteiger partial charge in [-0.3, -0.25) is 4.79 Å². The molecule has 0 aliphatic heterocycles. The molecular formula is C12H20N2O2. The van der Waals surface area contributed by atoms with E-state index in [1.54, 1.807) is 6.20 Å². The first-order chi connectivity index (χ1) is 7.35. The number of imidazole rings is 1. The van der Waals surface area contributed by atoms with Crippen molar-refractivity contribution in [1.29, 1.82) is 0 Å². The van der Waals surface area contributed by atoms with Crippen LogP contribution in [0.3, 0.4) is 0 Å². The predicted octanol–water partition coefficient (Wildman–Crippen LogP) is 2.35. The average Bonchev–Trinajstić information content (AvgIpc) is 2.61. The molecule has 1 unspecified atom stereocenters. The number of rotatable bonds is 3. The zero-order valence-corrected chi connectivity index (χ0v) is 10.7. The Balaban J connectivity index is 2.78. The number of aromatic nitrogens is 2. The molecule has 1 rings (SSSR count). The third-order valence-electron chi connectivity index (χ3n) is 2.24. The van der Waals surface area contributed by atoms with Crippen LogP contribution >= 0.6 is 0 Å². The number of esters is 1. The summed E-state index contributed by atoms with van der Waals surface area (Å²) in [5.74, 6) is 0.208. The van der Waals surface area contributed by atoms with Gasteiger partial charge in [0.1, 0.15) is 17.3 Å². The van der Waals surface area contributed by atoms with Gasteiger partial charge in [0.25, 0.3) is 0 Å². The minimum atomic E-state index is -0.449. The normalized spacial score (nSPS) is 13.6. The van der Waals surface area contributed by atoms with Crippen molar-refractivity contribution in [3.63, 3.8) is 0 Å². The van der Waals surface area contributed by atoms with Gasteiger partial charge in [-0.1, -0.05) is 0 Å². The number of hydrogen-bond acceptors (Lipinski definition) is 3. The molecular weight excluding hydrogens is 204 g/mol. The van der Waals surface area contributed by atoms with Gasteiger partial charge >= 0.3 is 5.97 Å². The van der Waals surface area contributed by atoms with Crippen LogP contribution in [0.5, 0.6) is 0 Å². The number of carbonyl (C=O) groups is 1. The maximum Gasteiger partial charge on any atom is 0.316 e. The Morgan fingerprint density at radius 3 is 2.69 bits per heavy atom. The summed E-state index contributed by atoms with van der Waals surface area (Å²) in [4.78, 5) is 16.0. The van der Waals surface area contributed by atoms with E-state index in [2.05, 4.69) is 4.98 Å². The molecule has 0 bridgehead atoms. The van der Waals surface area contributed by atoms with Crippen molar-refractivity contribution in [1.82, 2.24) is 9.55 Å². The molecule has 1 aromatic heterocycles. The first-order valence-corrected chi connectivity index (χ1v) is 5.59. The SMILES string of the molecule is CCn1ccnc1C(C)C(=O)OC(C)(C)C. The highest BCUT2D eigenvalue weighted by atomic mass is 16.6. The minimum Gasteiger partial charge on any atom is -0.459 e. The molecule has 0 aromatic carbocycles. The molecule has 1 heterocycles. The van der Waals surface area contributed by atoms with Gasteiger partial charge in [-0.15, -0.1) is 0 Å². The summed E-state index contributed by atoms with van der Waals surface area (Å²) < 4.78 is 7.28. The first-order valence-electron chi connectivity index (χ1n) is 5.59. The molecule has 16 heavy (non-hydrogen) atoms. The second-order valence-electron chi connectivity index (χ2n) is 4.83. The van der Waals surface area contributed by atoms with Crippen molar-refractivity contribution in [3.05, 3.63) is 18.2 Å². The third-order valence-corrected chi connectivity index (χ3v) is 2.24. The van der Waals surface area contributed by atoms with E-state index in [1.807, 2.05) is 45.4 Å². The molecule has 0 aliphatic carbocycles. The van der Waals surface area contributed by atoms with Crippen LogP contribution in [0.4, 0.5) is 0 Å². The van der Waals surface area contributed by atoms with E-state index in [4.69, 9.17) is 4.74 Å². The molecule has 1 atom stereocenters. The topological polar surface area (TPSA) is 44.1 Å². The zero-order chi connectivity index (χ0) is 12.3. The number of hydrogen-bond donors (Lipinski definition) is 0. The van der Waals surface area contributed by atoms with Crippen LogP contribution in [-0.4, -0.2) is 21.1 Å². The number of ether oxygens (including phenoxy) is 1. The molecule has 0 saturated heterocycles. The van der Waals surface area contributed by atoms with E-state index in [-0.39, 0.29) is 11.9 Å². The molecule has 4 nitrogen and oxygen atoms in total. The quantitative estimate of drug-likeness (QED) is 0.740. The molecule has 0 N–H and O–H groups in total. The maximum atomic E-state index is 11.8. The highest BCUT2D eigenvalue weighted by Gasteiger charge is 2.25. The largest absolute Gasteiger partial charge is 0.459 e. The van der Waals surface area contributed by atoms with Crippen LogP contribution in [0, 0.1) is 0 Å². The van der Waals surface area contributed by atoms with Gasteiger partial charge in [-0.05, 0) is 34.6 Å². The highest BCUT2D eigenvalue weighted by Crippen LogP contribution is 2.18. The summed E-state index contributed by atoms with van der Waals surface area (Å²) in [5, 5.41) is 0. The second kappa shape index (κ2) is 4.68. The summed E-state index contributed by atoms with van der Waals surface area (Å²) in [6.45, 7) is 10.2. The number of carbonyl (C=O) groups excluding carboxylic acids is 1. The van der Waals surface area contributed by atoms with Crippen molar-refractivity contribution >= 4 is 5.97 Å². The van der Waals surface area contributed by atoms with E-state index in [0.29, 0.717) is 0 Å². The first kappa shape index (κ1) is 12.7. The summed E-state index contributed by atoms with van der Waals surface area (Å²) in [6, 6.07) is 0. The average molecular weight is 224 g/mol. The van der Waals surface area contributed by atoms with E-state index in [9.17, 15) is 4.79 Å². The predicted molar refractivity (Wildman–Crippen MR) is 62.2 cm³/mol. The Bertz CT molecular complexity index is 363. The third kappa shape index (κ3) is 3.08. The van der Waals surface area contributed by atoms with Crippen molar-refractivity contribution in [2.24, 2.45) is 0 Å². The van der Waals surface area contributed by atoms with Gasteiger partial charge < -0.3 is 9.30 Å². The van der Waals surface area contributed by atoms with Crippen LogP contribution in [0.15, 0.2) is 12.4 Å². The van der Waals surface area contributed by atoms with Crippen LogP contribution in [0.1, 0.15) is 46.4 Å². The standard InChI is InChI=1S/C12H20N2O2/c1-6-14-8-7-13-10(14)9(2)11(15)16-12(3,4)5/h7-9H,6H2,1-5H3. The Kier molecular flexibility index (Phi) is 3.73. The van der Waals surface area contributed by atoms with Crippen LogP contribution in [-0.2, 0) is 16.1 Å². The molecule has 0 fully saturated rings. The van der Waals surface area contributed by atoms with Crippen molar-refractivity contribution in [2.75, 3.05) is 0 Å². The van der Waals surface area contributed by atoms with Crippen molar-refractivity contribution in [2.45, 2.75) is 52.7 Å². The van der Waals surface area contributed by atoms with Gasteiger partial charge in [-0.2, -0.15) is 0 Å². The van der Waals surface area contributed by atoms with Crippen LogP contribution < -0.4 is 0 Å². The fourth-order valence-electron chi connectivity index (χ4n) is 1.46. The van der Waals surface area contributed by atoms with Gasteiger partial charge in [0.15, 0.2) is 0 Å². The smallest absolute Gasteiger partial charge is 0.316 e. The molecule has 4 heteroatoms. The maximum absolute atomic E-state index is 11.8. The van der Waals surface area contributed by atoms with Crippen LogP contribution in [0.25, 0.3) is 0 Å². The van der Waals surface area contributed by atoms with Gasteiger partial charge in [0, 0.05) is 18.9 Å². The summed E-state index contributed by atoms with van der Waals surface area (Å²) in [5.41, 5.74) is -0.449. The summed E-state index contributed by atoms with van der Waals surface area (Å²) in [6.07, 6.45) is 3.58. The van der Waals surface area contributed by atoms with Crippen molar-refractivity contribution in [3.8, 4) is 0 Å². The van der Waals surface area contributed by atoms with E-state index in [0.717, 1.165) is 12.4 Å². The van der Waals surface area contributed by atoms with E-state index in [1.165, 1.54) is 0 Å². The molecule has 0 amide bonds. The lowest BCUT2D eigenvalue weighted by atomic mass is 10.1. The fraction of sp³-hybridized carbons (Fsp3) is 0.667. The Morgan fingerprint density at radius 2 is 2.19 bits per heavy atom. The molecule has 90 valence electrons. The molecule has 0 aliphatic rings. The van der Waals surface area contributed by atoms with Gasteiger partial charge in [0.05, 0.1) is 0 Å².